The molecular formula is C17H18BrN. The first-order chi connectivity index (χ1) is 9.22. The molecule has 0 aromatic heterocycles. The van der Waals surface area contributed by atoms with Crippen molar-refractivity contribution in [2.45, 2.75) is 31.7 Å². The summed E-state index contributed by atoms with van der Waals surface area (Å²) < 4.78 is 1.15. The topological polar surface area (TPSA) is 12.0 Å². The van der Waals surface area contributed by atoms with Crippen molar-refractivity contribution in [2.24, 2.45) is 0 Å². The van der Waals surface area contributed by atoms with Gasteiger partial charge in [0.15, 0.2) is 0 Å². The third-order valence-electron chi connectivity index (χ3n) is 3.92. The molecule has 0 aliphatic heterocycles. The molecule has 0 atom stereocenters. The van der Waals surface area contributed by atoms with E-state index in [4.69, 9.17) is 0 Å². The lowest BCUT2D eigenvalue weighted by Crippen LogP contribution is -2.34. The van der Waals surface area contributed by atoms with Gasteiger partial charge < -0.3 is 5.32 Å². The second kappa shape index (κ2) is 5.38. The number of aryl methyl sites for hydroxylation is 1. The van der Waals surface area contributed by atoms with E-state index in [-0.39, 0.29) is 0 Å². The van der Waals surface area contributed by atoms with E-state index in [1.165, 1.54) is 29.7 Å². The number of hydrogen-bond donors (Lipinski definition) is 1. The predicted octanol–water partition coefficient (Wildman–Crippen LogP) is 5.12. The molecule has 3 rings (SSSR count). The van der Waals surface area contributed by atoms with Crippen LogP contribution in [0.4, 0.5) is 5.69 Å². The highest BCUT2D eigenvalue weighted by Crippen LogP contribution is 2.39. The zero-order valence-corrected chi connectivity index (χ0v) is 12.7. The van der Waals surface area contributed by atoms with E-state index in [1.54, 1.807) is 0 Å². The average Bonchev–Trinajstić information content (AvgIpc) is 2.37. The smallest absolute Gasteiger partial charge is 0.0486 e. The summed E-state index contributed by atoms with van der Waals surface area (Å²) in [5.74, 6) is 0.723. The van der Waals surface area contributed by atoms with Gasteiger partial charge in [-0.3, -0.25) is 0 Å². The summed E-state index contributed by atoms with van der Waals surface area (Å²) >= 11 is 3.58. The molecule has 1 fully saturated rings. The summed E-state index contributed by atoms with van der Waals surface area (Å²) in [4.78, 5) is 0. The minimum absolute atomic E-state index is 0.602. The predicted molar refractivity (Wildman–Crippen MR) is 84.7 cm³/mol. The van der Waals surface area contributed by atoms with Crippen molar-refractivity contribution in [1.82, 2.24) is 0 Å². The maximum atomic E-state index is 3.61. The molecule has 0 saturated heterocycles. The summed E-state index contributed by atoms with van der Waals surface area (Å²) in [6, 6.07) is 17.9. The van der Waals surface area contributed by atoms with Crippen molar-refractivity contribution >= 4 is 21.6 Å². The normalized spacial score (nSPS) is 21.8. The van der Waals surface area contributed by atoms with Crippen molar-refractivity contribution in [1.29, 1.82) is 0 Å². The van der Waals surface area contributed by atoms with Gasteiger partial charge in [0.05, 0.1) is 0 Å². The van der Waals surface area contributed by atoms with Crippen molar-refractivity contribution in [3.8, 4) is 0 Å². The second-order valence-electron chi connectivity index (χ2n) is 5.40. The fraction of sp³-hybridized carbons (Fsp3) is 0.294. The first-order valence-corrected chi connectivity index (χ1v) is 7.59. The van der Waals surface area contributed by atoms with Crippen LogP contribution in [0.15, 0.2) is 53.0 Å². The molecule has 1 saturated carbocycles. The molecule has 2 aromatic carbocycles. The zero-order chi connectivity index (χ0) is 13.2. The maximum Gasteiger partial charge on any atom is 0.0486 e. The third kappa shape index (κ3) is 2.84. The molecule has 1 aliphatic rings. The monoisotopic (exact) mass is 315 g/mol. The van der Waals surface area contributed by atoms with E-state index in [9.17, 15) is 0 Å². The van der Waals surface area contributed by atoms with Crippen LogP contribution in [0.5, 0.6) is 0 Å². The van der Waals surface area contributed by atoms with Gasteiger partial charge in [0.1, 0.15) is 0 Å². The number of anilines is 1. The van der Waals surface area contributed by atoms with Crippen molar-refractivity contribution in [3.63, 3.8) is 0 Å². The number of hydrogen-bond acceptors (Lipinski definition) is 1. The number of rotatable bonds is 3. The molecule has 19 heavy (non-hydrogen) atoms. The minimum atomic E-state index is 0.602. The molecule has 0 radical (unpaired) electrons. The first kappa shape index (κ1) is 12.7. The summed E-state index contributed by atoms with van der Waals surface area (Å²) in [6.45, 7) is 2.14. The second-order valence-corrected chi connectivity index (χ2v) is 6.25. The van der Waals surface area contributed by atoms with Gasteiger partial charge in [-0.05, 0) is 59.3 Å². The average molecular weight is 316 g/mol. The zero-order valence-electron chi connectivity index (χ0n) is 11.1. The lowest BCUT2D eigenvalue weighted by molar-refractivity contribution is 0.374. The lowest BCUT2D eigenvalue weighted by atomic mass is 9.75. The Hall–Kier alpha value is -1.28. The molecule has 1 aliphatic carbocycles. The van der Waals surface area contributed by atoms with E-state index < -0.39 is 0 Å². The Morgan fingerprint density at radius 1 is 1.00 bits per heavy atom. The molecule has 1 nitrogen and oxygen atoms in total. The molecule has 0 unspecified atom stereocenters. The van der Waals surface area contributed by atoms with Crippen LogP contribution in [0, 0.1) is 6.92 Å². The van der Waals surface area contributed by atoms with Crippen LogP contribution in [-0.4, -0.2) is 6.04 Å². The Balaban J connectivity index is 1.58. The molecule has 0 amide bonds. The molecule has 0 heterocycles. The summed E-state index contributed by atoms with van der Waals surface area (Å²) in [6.07, 6.45) is 2.45. The molecule has 2 heteroatoms. The Labute approximate surface area is 123 Å². The fourth-order valence-electron chi connectivity index (χ4n) is 2.64. The van der Waals surface area contributed by atoms with Crippen LogP contribution >= 0.6 is 15.9 Å². The quantitative estimate of drug-likeness (QED) is 0.829. The highest BCUT2D eigenvalue weighted by Gasteiger charge is 2.30. The largest absolute Gasteiger partial charge is 0.381 e. The first-order valence-electron chi connectivity index (χ1n) is 6.80. The highest BCUT2D eigenvalue weighted by atomic mass is 79.9. The van der Waals surface area contributed by atoms with E-state index in [2.05, 4.69) is 70.6 Å². The van der Waals surface area contributed by atoms with Crippen molar-refractivity contribution in [2.75, 3.05) is 5.32 Å². The van der Waals surface area contributed by atoms with Crippen LogP contribution in [-0.2, 0) is 0 Å². The Kier molecular flexibility index (Phi) is 3.61. The molecule has 98 valence electrons. The lowest BCUT2D eigenvalue weighted by Gasteiger charge is -2.37. The van der Waals surface area contributed by atoms with Gasteiger partial charge in [-0.1, -0.05) is 42.0 Å². The number of benzene rings is 2. The van der Waals surface area contributed by atoms with Crippen LogP contribution in [0.1, 0.15) is 29.9 Å². The van der Waals surface area contributed by atoms with Gasteiger partial charge in [-0.15, -0.1) is 0 Å². The number of halogens is 1. The van der Waals surface area contributed by atoms with Gasteiger partial charge in [0.25, 0.3) is 0 Å². The molecule has 0 bridgehead atoms. The van der Waals surface area contributed by atoms with Crippen LogP contribution in [0.3, 0.4) is 0 Å². The Morgan fingerprint density at radius 2 is 1.68 bits per heavy atom. The van der Waals surface area contributed by atoms with Gasteiger partial charge in [-0.25, -0.2) is 0 Å². The SMILES string of the molecule is Cc1ccc(C2CC(Nc3ccccc3Br)C2)cc1. The summed E-state index contributed by atoms with van der Waals surface area (Å²) in [5.41, 5.74) is 4.02. The van der Waals surface area contributed by atoms with Crippen molar-refractivity contribution < 1.29 is 0 Å². The van der Waals surface area contributed by atoms with Gasteiger partial charge in [-0.2, -0.15) is 0 Å². The van der Waals surface area contributed by atoms with Crippen LogP contribution in [0.25, 0.3) is 0 Å². The Morgan fingerprint density at radius 3 is 2.37 bits per heavy atom. The summed E-state index contributed by atoms with van der Waals surface area (Å²) in [5, 5.41) is 3.61. The molecule has 0 spiro atoms. The van der Waals surface area contributed by atoms with E-state index in [0.717, 1.165) is 10.4 Å². The van der Waals surface area contributed by atoms with Crippen LogP contribution < -0.4 is 5.32 Å². The molecule has 2 aromatic rings. The van der Waals surface area contributed by atoms with Gasteiger partial charge in [0.2, 0.25) is 0 Å². The number of para-hydroxylation sites is 1. The van der Waals surface area contributed by atoms with E-state index >= 15 is 0 Å². The van der Waals surface area contributed by atoms with Gasteiger partial charge in [0, 0.05) is 16.2 Å². The van der Waals surface area contributed by atoms with Crippen molar-refractivity contribution in [3.05, 3.63) is 64.1 Å². The minimum Gasteiger partial charge on any atom is -0.381 e. The Bertz CT molecular complexity index is 556. The van der Waals surface area contributed by atoms with Gasteiger partial charge >= 0.3 is 0 Å². The number of nitrogens with one attached hydrogen (secondary N) is 1. The highest BCUT2D eigenvalue weighted by molar-refractivity contribution is 9.10. The third-order valence-corrected chi connectivity index (χ3v) is 4.61. The van der Waals surface area contributed by atoms with Crippen LogP contribution in [0.2, 0.25) is 0 Å². The summed E-state index contributed by atoms with van der Waals surface area (Å²) in [7, 11) is 0. The maximum absolute atomic E-state index is 3.61. The van der Waals surface area contributed by atoms with E-state index in [0.29, 0.717) is 6.04 Å². The fourth-order valence-corrected chi connectivity index (χ4v) is 3.04. The van der Waals surface area contributed by atoms with E-state index in [1.807, 2.05) is 6.07 Å². The molecule has 1 N–H and O–H groups in total. The standard InChI is InChI=1S/C17H18BrN/c1-12-6-8-13(9-7-12)14-10-15(11-14)19-17-5-3-2-4-16(17)18/h2-9,14-15,19H,10-11H2,1H3. The molecular weight excluding hydrogens is 298 g/mol.